The normalized spacial score (nSPS) is 20.4. The SMILES string of the molecule is CC(C)COC1CSc2n1cc[n+]2C. The molecule has 0 fully saturated rings. The van der Waals surface area contributed by atoms with Gasteiger partial charge in [0.25, 0.3) is 0 Å². The Bertz CT molecular complexity index is 322. The maximum atomic E-state index is 5.83. The minimum atomic E-state index is 0.235. The van der Waals surface area contributed by atoms with Crippen molar-refractivity contribution in [2.75, 3.05) is 12.4 Å². The molecular weight excluding hydrogens is 196 g/mol. The van der Waals surface area contributed by atoms with E-state index in [1.165, 1.54) is 5.16 Å². The first-order valence-corrected chi connectivity index (χ1v) is 5.98. The zero-order valence-electron chi connectivity index (χ0n) is 8.93. The minimum Gasteiger partial charge on any atom is -0.338 e. The van der Waals surface area contributed by atoms with E-state index in [1.54, 1.807) is 0 Å². The summed E-state index contributed by atoms with van der Waals surface area (Å²) in [5, 5.41) is 1.29. The molecule has 1 aliphatic rings. The highest BCUT2D eigenvalue weighted by Gasteiger charge is 2.32. The monoisotopic (exact) mass is 213 g/mol. The number of fused-ring (bicyclic) bond motifs is 1. The summed E-state index contributed by atoms with van der Waals surface area (Å²) in [6.45, 7) is 5.20. The maximum Gasteiger partial charge on any atom is 0.320 e. The largest absolute Gasteiger partial charge is 0.338 e. The Morgan fingerprint density at radius 3 is 3.21 bits per heavy atom. The Morgan fingerprint density at radius 2 is 2.50 bits per heavy atom. The number of hydrogen-bond acceptors (Lipinski definition) is 2. The van der Waals surface area contributed by atoms with Crippen molar-refractivity contribution in [3.63, 3.8) is 0 Å². The van der Waals surface area contributed by atoms with Gasteiger partial charge in [-0.2, -0.15) is 4.57 Å². The van der Waals surface area contributed by atoms with Crippen LogP contribution in [0.3, 0.4) is 0 Å². The molecule has 2 rings (SSSR count). The highest BCUT2D eigenvalue weighted by molar-refractivity contribution is 7.99. The average molecular weight is 213 g/mol. The van der Waals surface area contributed by atoms with E-state index in [0.29, 0.717) is 5.92 Å². The molecule has 0 radical (unpaired) electrons. The zero-order valence-corrected chi connectivity index (χ0v) is 9.75. The van der Waals surface area contributed by atoms with Gasteiger partial charge in [0.1, 0.15) is 12.4 Å². The van der Waals surface area contributed by atoms with Crippen molar-refractivity contribution < 1.29 is 9.30 Å². The molecule has 14 heavy (non-hydrogen) atoms. The van der Waals surface area contributed by atoms with Crippen LogP contribution in [0.15, 0.2) is 17.6 Å². The van der Waals surface area contributed by atoms with Crippen LogP contribution in [0.5, 0.6) is 0 Å². The lowest BCUT2D eigenvalue weighted by Crippen LogP contribution is -2.27. The molecule has 1 aliphatic heterocycles. The Balaban J connectivity index is 2.03. The van der Waals surface area contributed by atoms with Gasteiger partial charge in [0.2, 0.25) is 6.23 Å². The summed E-state index contributed by atoms with van der Waals surface area (Å²) in [5.74, 6) is 1.64. The van der Waals surface area contributed by atoms with Crippen molar-refractivity contribution in [2.45, 2.75) is 25.2 Å². The van der Waals surface area contributed by atoms with Crippen molar-refractivity contribution in [3.05, 3.63) is 12.4 Å². The number of ether oxygens (including phenoxy) is 1. The van der Waals surface area contributed by atoms with Gasteiger partial charge in [-0.3, -0.25) is 0 Å². The highest BCUT2D eigenvalue weighted by Crippen LogP contribution is 2.31. The molecule has 0 aromatic carbocycles. The molecule has 2 heterocycles. The molecule has 0 bridgehead atoms. The number of rotatable bonds is 3. The standard InChI is InChI=1S/C10H17N2OS/c1-8(2)6-13-9-7-14-10-11(3)4-5-12(9)10/h4-5,8-9H,6-7H2,1-3H3/q+1. The molecule has 0 amide bonds. The highest BCUT2D eigenvalue weighted by atomic mass is 32.2. The van der Waals surface area contributed by atoms with Crippen LogP contribution in [-0.2, 0) is 11.8 Å². The summed E-state index contributed by atoms with van der Waals surface area (Å²) in [6, 6.07) is 0. The fourth-order valence-electron chi connectivity index (χ4n) is 1.54. The fourth-order valence-corrected chi connectivity index (χ4v) is 2.68. The van der Waals surface area contributed by atoms with E-state index in [0.717, 1.165) is 12.4 Å². The first kappa shape index (κ1) is 10.1. The van der Waals surface area contributed by atoms with E-state index >= 15 is 0 Å². The van der Waals surface area contributed by atoms with Crippen LogP contribution in [0.1, 0.15) is 20.1 Å². The molecule has 0 saturated heterocycles. The average Bonchev–Trinajstić information content (AvgIpc) is 2.66. The second-order valence-corrected chi connectivity index (χ2v) is 5.08. The van der Waals surface area contributed by atoms with Gasteiger partial charge in [0, 0.05) is 0 Å². The second kappa shape index (κ2) is 3.95. The molecule has 1 aromatic rings. The van der Waals surface area contributed by atoms with Gasteiger partial charge in [-0.1, -0.05) is 13.8 Å². The fraction of sp³-hybridized carbons (Fsp3) is 0.700. The van der Waals surface area contributed by atoms with Gasteiger partial charge in [-0.15, -0.1) is 0 Å². The van der Waals surface area contributed by atoms with E-state index in [9.17, 15) is 0 Å². The third-order valence-electron chi connectivity index (χ3n) is 2.26. The predicted octanol–water partition coefficient (Wildman–Crippen LogP) is 1.59. The molecule has 1 atom stereocenters. The molecule has 3 nitrogen and oxygen atoms in total. The van der Waals surface area contributed by atoms with Crippen LogP contribution in [0.25, 0.3) is 0 Å². The predicted molar refractivity (Wildman–Crippen MR) is 56.2 cm³/mol. The number of nitrogens with zero attached hydrogens (tertiary/aromatic N) is 2. The molecule has 0 saturated carbocycles. The summed E-state index contributed by atoms with van der Waals surface area (Å²) < 4.78 is 10.2. The third kappa shape index (κ3) is 1.81. The van der Waals surface area contributed by atoms with E-state index in [4.69, 9.17) is 4.74 Å². The smallest absolute Gasteiger partial charge is 0.320 e. The van der Waals surface area contributed by atoms with Crippen molar-refractivity contribution in [1.29, 1.82) is 0 Å². The van der Waals surface area contributed by atoms with Gasteiger partial charge < -0.3 is 4.74 Å². The van der Waals surface area contributed by atoms with E-state index in [1.807, 2.05) is 11.8 Å². The van der Waals surface area contributed by atoms with Crippen LogP contribution in [-0.4, -0.2) is 16.9 Å². The van der Waals surface area contributed by atoms with E-state index in [2.05, 4.69) is 42.4 Å². The lowest BCUT2D eigenvalue weighted by atomic mass is 10.2. The van der Waals surface area contributed by atoms with Crippen LogP contribution >= 0.6 is 11.8 Å². The van der Waals surface area contributed by atoms with Gasteiger partial charge in [-0.05, 0) is 17.7 Å². The number of hydrogen-bond donors (Lipinski definition) is 0. The summed E-state index contributed by atoms with van der Waals surface area (Å²) in [5.41, 5.74) is 0. The molecular formula is C10H17N2OS+. The molecule has 4 heteroatoms. The summed E-state index contributed by atoms with van der Waals surface area (Å²) >= 11 is 1.86. The van der Waals surface area contributed by atoms with E-state index < -0.39 is 0 Å². The lowest BCUT2D eigenvalue weighted by Gasteiger charge is -2.10. The Morgan fingerprint density at radius 1 is 1.71 bits per heavy atom. The molecule has 0 aliphatic carbocycles. The van der Waals surface area contributed by atoms with E-state index in [-0.39, 0.29) is 6.23 Å². The Hall–Kier alpha value is -0.480. The molecule has 78 valence electrons. The van der Waals surface area contributed by atoms with Crippen molar-refractivity contribution in [1.82, 2.24) is 4.57 Å². The van der Waals surface area contributed by atoms with Gasteiger partial charge in [0.05, 0.1) is 19.4 Å². The van der Waals surface area contributed by atoms with Crippen LogP contribution in [0.4, 0.5) is 0 Å². The third-order valence-corrected chi connectivity index (χ3v) is 3.47. The number of aryl methyl sites for hydroxylation is 1. The number of aromatic nitrogens is 2. The quantitative estimate of drug-likeness (QED) is 0.710. The van der Waals surface area contributed by atoms with Crippen LogP contribution in [0.2, 0.25) is 0 Å². The minimum absolute atomic E-state index is 0.235. The van der Waals surface area contributed by atoms with Crippen LogP contribution in [0, 0.1) is 5.92 Å². The molecule has 1 unspecified atom stereocenters. The van der Waals surface area contributed by atoms with Gasteiger partial charge in [-0.25, -0.2) is 4.57 Å². The number of thioether (sulfide) groups is 1. The summed E-state index contributed by atoms with van der Waals surface area (Å²) in [6.07, 6.45) is 4.41. The molecule has 0 spiro atoms. The van der Waals surface area contributed by atoms with Gasteiger partial charge >= 0.3 is 5.16 Å². The molecule has 0 N–H and O–H groups in total. The van der Waals surface area contributed by atoms with Crippen molar-refractivity contribution in [2.24, 2.45) is 13.0 Å². The Kier molecular flexibility index (Phi) is 2.83. The first-order chi connectivity index (χ1) is 6.68. The zero-order chi connectivity index (χ0) is 10.1. The van der Waals surface area contributed by atoms with Crippen LogP contribution < -0.4 is 4.57 Å². The first-order valence-electron chi connectivity index (χ1n) is 4.99. The summed E-state index contributed by atoms with van der Waals surface area (Å²) in [4.78, 5) is 0. The number of imidazole rings is 1. The Labute approximate surface area is 89.1 Å². The van der Waals surface area contributed by atoms with Gasteiger partial charge in [0.15, 0.2) is 0 Å². The van der Waals surface area contributed by atoms with Crippen molar-refractivity contribution >= 4 is 11.8 Å². The molecule has 1 aromatic heterocycles. The lowest BCUT2D eigenvalue weighted by molar-refractivity contribution is -0.709. The van der Waals surface area contributed by atoms with Crippen molar-refractivity contribution in [3.8, 4) is 0 Å². The maximum absolute atomic E-state index is 5.83. The topological polar surface area (TPSA) is 18.0 Å². The second-order valence-electron chi connectivity index (χ2n) is 4.09. The summed E-state index contributed by atoms with van der Waals surface area (Å²) in [7, 11) is 2.07.